The molecule has 4 heteroatoms. The van der Waals surface area contributed by atoms with Crippen molar-refractivity contribution < 1.29 is 0 Å². The van der Waals surface area contributed by atoms with Crippen LogP contribution in [0.1, 0.15) is 5.56 Å². The third-order valence-electron chi connectivity index (χ3n) is 5.04. The van der Waals surface area contributed by atoms with Gasteiger partial charge in [0.1, 0.15) is 0 Å². The molecule has 1 N–H and O–H groups in total. The highest BCUT2D eigenvalue weighted by atomic mass is 15.2. The van der Waals surface area contributed by atoms with Crippen LogP contribution in [0, 0.1) is 6.92 Å². The summed E-state index contributed by atoms with van der Waals surface area (Å²) in [6.45, 7) is 6.56. The molecule has 4 nitrogen and oxygen atoms in total. The van der Waals surface area contributed by atoms with Gasteiger partial charge in [0.25, 0.3) is 0 Å². The molecule has 0 atom stereocenters. The second-order valence-corrected chi connectivity index (χ2v) is 6.82. The third-order valence-corrected chi connectivity index (χ3v) is 5.04. The molecule has 0 amide bonds. The van der Waals surface area contributed by atoms with Crippen LogP contribution in [0.4, 0.5) is 5.69 Å². The van der Waals surface area contributed by atoms with Crippen LogP contribution in [0.5, 0.6) is 0 Å². The first kappa shape index (κ1) is 15.9. The number of anilines is 1. The molecule has 4 rings (SSSR count). The van der Waals surface area contributed by atoms with Gasteiger partial charge in [-0.15, -0.1) is 0 Å². The summed E-state index contributed by atoms with van der Waals surface area (Å²) in [7, 11) is 2.18. The second-order valence-electron chi connectivity index (χ2n) is 6.82. The van der Waals surface area contributed by atoms with Crippen molar-refractivity contribution in [1.82, 2.24) is 15.1 Å². The Hall–Kier alpha value is -2.59. The predicted octanol–water partition coefficient (Wildman–Crippen LogP) is 3.80. The number of likely N-dealkylation sites (N-methyl/N-ethyl adjacent to an activating group) is 1. The molecule has 0 spiro atoms. The Bertz CT molecular complexity index is 842. The monoisotopic (exact) mass is 332 g/mol. The van der Waals surface area contributed by atoms with E-state index in [0.717, 1.165) is 43.1 Å². The fourth-order valence-electron chi connectivity index (χ4n) is 3.39. The van der Waals surface area contributed by atoms with E-state index in [1.165, 1.54) is 16.8 Å². The second kappa shape index (κ2) is 6.73. The van der Waals surface area contributed by atoms with E-state index in [2.05, 4.69) is 88.6 Å². The van der Waals surface area contributed by atoms with Crippen molar-refractivity contribution in [2.24, 2.45) is 0 Å². The topological polar surface area (TPSA) is 35.2 Å². The number of aromatic amines is 1. The average Bonchev–Trinajstić information content (AvgIpc) is 3.13. The Kier molecular flexibility index (Phi) is 4.28. The van der Waals surface area contributed by atoms with Crippen LogP contribution in [0.15, 0.2) is 54.6 Å². The molecule has 1 fully saturated rings. The van der Waals surface area contributed by atoms with Crippen LogP contribution in [0.25, 0.3) is 22.5 Å². The molecule has 0 saturated carbocycles. The summed E-state index contributed by atoms with van der Waals surface area (Å²) in [6, 6.07) is 19.3. The Morgan fingerprint density at radius 1 is 0.920 bits per heavy atom. The highest BCUT2D eigenvalue weighted by Gasteiger charge is 2.14. The van der Waals surface area contributed by atoms with Crippen molar-refractivity contribution in [2.45, 2.75) is 6.92 Å². The van der Waals surface area contributed by atoms with Crippen molar-refractivity contribution in [2.75, 3.05) is 38.1 Å². The van der Waals surface area contributed by atoms with Crippen LogP contribution in [0.3, 0.4) is 0 Å². The smallest absolute Gasteiger partial charge is 0.0927 e. The summed E-state index contributed by atoms with van der Waals surface area (Å²) in [5.41, 5.74) is 6.96. The zero-order chi connectivity index (χ0) is 17.2. The average molecular weight is 332 g/mol. The molecule has 3 aromatic rings. The van der Waals surface area contributed by atoms with Crippen molar-refractivity contribution in [3.8, 4) is 22.5 Å². The number of hydrogen-bond acceptors (Lipinski definition) is 3. The van der Waals surface area contributed by atoms with Gasteiger partial charge in [0.15, 0.2) is 0 Å². The third kappa shape index (κ3) is 3.30. The van der Waals surface area contributed by atoms with Gasteiger partial charge >= 0.3 is 0 Å². The number of H-pyrrole nitrogens is 1. The number of hydrogen-bond donors (Lipinski definition) is 1. The zero-order valence-electron chi connectivity index (χ0n) is 14.9. The van der Waals surface area contributed by atoms with E-state index in [1.54, 1.807) is 0 Å². The summed E-state index contributed by atoms with van der Waals surface area (Å²) < 4.78 is 0. The molecule has 1 aromatic heterocycles. The maximum absolute atomic E-state index is 4.51. The van der Waals surface area contributed by atoms with E-state index in [0.29, 0.717) is 0 Å². The Morgan fingerprint density at radius 3 is 2.36 bits per heavy atom. The number of aryl methyl sites for hydroxylation is 1. The normalized spacial score (nSPS) is 15.5. The summed E-state index contributed by atoms with van der Waals surface area (Å²) in [6.07, 6.45) is 0. The lowest BCUT2D eigenvalue weighted by molar-refractivity contribution is 0.313. The standard InChI is InChI=1S/C21H24N4/c1-16-5-3-4-6-19(16)21-15-20(22-23-21)17-7-9-18(10-8-17)25-13-11-24(2)12-14-25/h3-10,15H,11-14H2,1-2H3,(H,22,23). The minimum Gasteiger partial charge on any atom is -0.369 e. The molecule has 0 bridgehead atoms. The van der Waals surface area contributed by atoms with Gasteiger partial charge < -0.3 is 9.80 Å². The van der Waals surface area contributed by atoms with E-state index in [-0.39, 0.29) is 0 Å². The molecular weight excluding hydrogens is 308 g/mol. The number of piperazine rings is 1. The Morgan fingerprint density at radius 2 is 1.64 bits per heavy atom. The van der Waals surface area contributed by atoms with Gasteiger partial charge in [-0.3, -0.25) is 5.10 Å². The number of aromatic nitrogens is 2. The van der Waals surface area contributed by atoms with Gasteiger partial charge in [-0.05, 0) is 37.7 Å². The molecule has 2 aromatic carbocycles. The van der Waals surface area contributed by atoms with Gasteiger partial charge in [0.05, 0.1) is 11.4 Å². The number of rotatable bonds is 3. The molecule has 2 heterocycles. The van der Waals surface area contributed by atoms with Crippen LogP contribution >= 0.6 is 0 Å². The van der Waals surface area contributed by atoms with Crippen molar-refractivity contribution in [3.05, 3.63) is 60.2 Å². The first-order chi connectivity index (χ1) is 12.2. The molecule has 0 unspecified atom stereocenters. The number of nitrogens with zero attached hydrogens (tertiary/aromatic N) is 3. The summed E-state index contributed by atoms with van der Waals surface area (Å²) in [5, 5.41) is 7.69. The molecular formula is C21H24N4. The minimum atomic E-state index is 0.989. The lowest BCUT2D eigenvalue weighted by Crippen LogP contribution is -2.44. The highest BCUT2D eigenvalue weighted by molar-refractivity contribution is 5.71. The van der Waals surface area contributed by atoms with Crippen molar-refractivity contribution in [3.63, 3.8) is 0 Å². The summed E-state index contributed by atoms with van der Waals surface area (Å²) in [5.74, 6) is 0. The zero-order valence-corrected chi connectivity index (χ0v) is 14.9. The molecule has 128 valence electrons. The lowest BCUT2D eigenvalue weighted by Gasteiger charge is -2.34. The first-order valence-corrected chi connectivity index (χ1v) is 8.86. The summed E-state index contributed by atoms with van der Waals surface area (Å²) >= 11 is 0. The van der Waals surface area contributed by atoms with Crippen LogP contribution in [-0.4, -0.2) is 48.3 Å². The fourth-order valence-corrected chi connectivity index (χ4v) is 3.39. The minimum absolute atomic E-state index is 0.989. The molecule has 1 saturated heterocycles. The van der Waals surface area contributed by atoms with E-state index < -0.39 is 0 Å². The van der Waals surface area contributed by atoms with Crippen LogP contribution < -0.4 is 4.90 Å². The lowest BCUT2D eigenvalue weighted by atomic mass is 10.0. The van der Waals surface area contributed by atoms with Gasteiger partial charge in [0, 0.05) is 43.0 Å². The quantitative estimate of drug-likeness (QED) is 0.792. The molecule has 0 aliphatic carbocycles. The van der Waals surface area contributed by atoms with E-state index in [9.17, 15) is 0 Å². The first-order valence-electron chi connectivity index (χ1n) is 8.86. The SMILES string of the molecule is Cc1ccccc1-c1cc(-c2ccc(N3CCN(C)CC3)cc2)n[nH]1. The Balaban J connectivity index is 1.54. The largest absolute Gasteiger partial charge is 0.369 e. The molecule has 1 aliphatic heterocycles. The maximum Gasteiger partial charge on any atom is 0.0927 e. The van der Waals surface area contributed by atoms with Gasteiger partial charge in [-0.2, -0.15) is 5.10 Å². The molecule has 25 heavy (non-hydrogen) atoms. The Labute approximate surface area is 149 Å². The van der Waals surface area contributed by atoms with Crippen LogP contribution in [0.2, 0.25) is 0 Å². The molecule has 1 aliphatic rings. The van der Waals surface area contributed by atoms with Crippen molar-refractivity contribution >= 4 is 5.69 Å². The van der Waals surface area contributed by atoms with E-state index in [1.807, 2.05) is 0 Å². The van der Waals surface area contributed by atoms with Gasteiger partial charge in [-0.1, -0.05) is 36.4 Å². The molecule has 0 radical (unpaired) electrons. The van der Waals surface area contributed by atoms with E-state index >= 15 is 0 Å². The van der Waals surface area contributed by atoms with Gasteiger partial charge in [0.2, 0.25) is 0 Å². The number of nitrogens with one attached hydrogen (secondary N) is 1. The van der Waals surface area contributed by atoms with Gasteiger partial charge in [-0.25, -0.2) is 0 Å². The van der Waals surface area contributed by atoms with Crippen molar-refractivity contribution in [1.29, 1.82) is 0 Å². The number of benzene rings is 2. The maximum atomic E-state index is 4.51. The highest BCUT2D eigenvalue weighted by Crippen LogP contribution is 2.27. The fraction of sp³-hybridized carbons (Fsp3) is 0.286. The summed E-state index contributed by atoms with van der Waals surface area (Å²) in [4.78, 5) is 4.83. The van der Waals surface area contributed by atoms with E-state index in [4.69, 9.17) is 0 Å². The van der Waals surface area contributed by atoms with Crippen LogP contribution in [-0.2, 0) is 0 Å². The predicted molar refractivity (Wildman–Crippen MR) is 104 cm³/mol.